The van der Waals surface area contributed by atoms with Crippen molar-refractivity contribution in [1.82, 2.24) is 10.2 Å². The standard InChI is InChI=1S/C16H30N2O3/c1-4-7-10-13(9-5-2)17-15(21)18-12-8-11-16(18,6-3)14(19)20/h13H,4-12H2,1-3H3,(H,17,21)(H,19,20). The number of unbranched alkanes of at least 4 members (excludes halogenated alkanes) is 1. The molecule has 5 nitrogen and oxygen atoms in total. The molecule has 1 aliphatic heterocycles. The van der Waals surface area contributed by atoms with Crippen LogP contribution in [0, 0.1) is 0 Å². The molecule has 0 saturated carbocycles. The Morgan fingerprint density at radius 1 is 1.24 bits per heavy atom. The molecule has 1 fully saturated rings. The summed E-state index contributed by atoms with van der Waals surface area (Å²) in [5.74, 6) is -0.877. The molecule has 0 radical (unpaired) electrons. The zero-order valence-electron chi connectivity index (χ0n) is 13.7. The molecule has 2 unspecified atom stereocenters. The number of likely N-dealkylation sites (tertiary alicyclic amines) is 1. The largest absolute Gasteiger partial charge is 0.479 e. The quantitative estimate of drug-likeness (QED) is 0.721. The molecule has 21 heavy (non-hydrogen) atoms. The van der Waals surface area contributed by atoms with Gasteiger partial charge in [0.2, 0.25) is 0 Å². The van der Waals surface area contributed by atoms with Crippen LogP contribution in [0.15, 0.2) is 0 Å². The van der Waals surface area contributed by atoms with Crippen molar-refractivity contribution in [3.8, 4) is 0 Å². The van der Waals surface area contributed by atoms with E-state index in [1.807, 2.05) is 6.92 Å². The average Bonchev–Trinajstić information content (AvgIpc) is 2.90. The van der Waals surface area contributed by atoms with Gasteiger partial charge in [0.05, 0.1) is 0 Å². The minimum atomic E-state index is -1.01. The van der Waals surface area contributed by atoms with E-state index in [1.165, 1.54) is 0 Å². The molecule has 0 aliphatic carbocycles. The lowest BCUT2D eigenvalue weighted by molar-refractivity contribution is -0.148. The third-order valence-corrected chi connectivity index (χ3v) is 4.59. The molecule has 2 N–H and O–H groups in total. The monoisotopic (exact) mass is 298 g/mol. The number of nitrogens with zero attached hydrogens (tertiary/aromatic N) is 1. The van der Waals surface area contributed by atoms with Gasteiger partial charge in [-0.05, 0) is 32.1 Å². The van der Waals surface area contributed by atoms with Crippen LogP contribution in [0.2, 0.25) is 0 Å². The predicted molar refractivity (Wildman–Crippen MR) is 83.4 cm³/mol. The number of hydrogen-bond acceptors (Lipinski definition) is 2. The summed E-state index contributed by atoms with van der Waals surface area (Å²) in [5.41, 5.74) is -1.01. The summed E-state index contributed by atoms with van der Waals surface area (Å²) in [6, 6.07) is -0.0438. The molecule has 2 amide bonds. The molecular weight excluding hydrogens is 268 g/mol. The molecule has 0 spiro atoms. The maximum Gasteiger partial charge on any atom is 0.329 e. The Bertz CT molecular complexity index is 359. The molecule has 1 saturated heterocycles. The highest BCUT2D eigenvalue weighted by molar-refractivity contribution is 5.87. The van der Waals surface area contributed by atoms with Crippen molar-refractivity contribution < 1.29 is 14.7 Å². The highest BCUT2D eigenvalue weighted by atomic mass is 16.4. The third-order valence-electron chi connectivity index (χ3n) is 4.59. The van der Waals surface area contributed by atoms with Crippen LogP contribution in [-0.2, 0) is 4.79 Å². The Hall–Kier alpha value is -1.26. The van der Waals surface area contributed by atoms with Crippen LogP contribution >= 0.6 is 0 Å². The lowest BCUT2D eigenvalue weighted by Gasteiger charge is -2.35. The van der Waals surface area contributed by atoms with Crippen molar-refractivity contribution in [2.45, 2.75) is 83.7 Å². The van der Waals surface area contributed by atoms with Gasteiger partial charge in [0.25, 0.3) is 0 Å². The molecule has 1 aliphatic rings. The van der Waals surface area contributed by atoms with Crippen LogP contribution < -0.4 is 5.32 Å². The Balaban J connectivity index is 2.73. The number of aliphatic carboxylic acids is 1. The van der Waals surface area contributed by atoms with Crippen LogP contribution in [0.25, 0.3) is 0 Å². The number of urea groups is 1. The van der Waals surface area contributed by atoms with E-state index in [1.54, 1.807) is 4.90 Å². The minimum Gasteiger partial charge on any atom is -0.479 e. The first kappa shape index (κ1) is 17.8. The first-order chi connectivity index (χ1) is 10.0. The summed E-state index contributed by atoms with van der Waals surface area (Å²) in [4.78, 5) is 25.7. The smallest absolute Gasteiger partial charge is 0.329 e. The number of carbonyl (C=O) groups is 2. The van der Waals surface area contributed by atoms with Crippen molar-refractivity contribution in [3.05, 3.63) is 0 Å². The fourth-order valence-corrected chi connectivity index (χ4v) is 3.26. The summed E-state index contributed by atoms with van der Waals surface area (Å²) in [5, 5.41) is 12.6. The van der Waals surface area contributed by atoms with Crippen LogP contribution in [-0.4, -0.2) is 40.1 Å². The van der Waals surface area contributed by atoms with Crippen LogP contribution in [0.4, 0.5) is 4.79 Å². The lowest BCUT2D eigenvalue weighted by Crippen LogP contribution is -2.57. The topological polar surface area (TPSA) is 69.6 Å². The maximum atomic E-state index is 12.5. The SMILES string of the molecule is CCCCC(CCC)NC(=O)N1CCCC1(CC)C(=O)O. The summed E-state index contributed by atoms with van der Waals surface area (Å²) < 4.78 is 0. The highest BCUT2D eigenvalue weighted by Gasteiger charge is 2.48. The van der Waals surface area contributed by atoms with Crippen LogP contribution in [0.1, 0.15) is 72.1 Å². The van der Waals surface area contributed by atoms with Gasteiger partial charge in [0.15, 0.2) is 0 Å². The summed E-state index contributed by atoms with van der Waals surface area (Å²) >= 11 is 0. The number of rotatable bonds is 8. The number of carboxylic acid groups (broad SMARTS) is 1. The van der Waals surface area contributed by atoms with Crippen molar-refractivity contribution >= 4 is 12.0 Å². The molecule has 5 heteroatoms. The number of carbonyl (C=O) groups excluding carboxylic acids is 1. The van der Waals surface area contributed by atoms with E-state index in [9.17, 15) is 14.7 Å². The first-order valence-corrected chi connectivity index (χ1v) is 8.33. The lowest BCUT2D eigenvalue weighted by atomic mass is 9.93. The van der Waals surface area contributed by atoms with Gasteiger partial charge in [-0.25, -0.2) is 9.59 Å². The summed E-state index contributed by atoms with van der Waals surface area (Å²) in [6.07, 6.45) is 6.91. The van der Waals surface area contributed by atoms with Gasteiger partial charge >= 0.3 is 12.0 Å². The molecule has 0 aromatic carbocycles. The zero-order chi connectivity index (χ0) is 15.9. The normalized spacial score (nSPS) is 23.1. The van der Waals surface area contributed by atoms with Crippen molar-refractivity contribution in [2.24, 2.45) is 0 Å². The summed E-state index contributed by atoms with van der Waals surface area (Å²) in [7, 11) is 0. The van der Waals surface area contributed by atoms with E-state index in [2.05, 4.69) is 19.2 Å². The molecule has 122 valence electrons. The van der Waals surface area contributed by atoms with Crippen molar-refractivity contribution in [3.63, 3.8) is 0 Å². The van der Waals surface area contributed by atoms with Crippen molar-refractivity contribution in [1.29, 1.82) is 0 Å². The van der Waals surface area contributed by atoms with E-state index in [0.717, 1.165) is 38.5 Å². The molecule has 0 aromatic rings. The molecule has 1 heterocycles. The van der Waals surface area contributed by atoms with Gasteiger partial charge in [-0.1, -0.05) is 40.0 Å². The zero-order valence-corrected chi connectivity index (χ0v) is 13.7. The number of carboxylic acids is 1. The fraction of sp³-hybridized carbons (Fsp3) is 0.875. The van der Waals surface area contributed by atoms with Gasteiger partial charge in [0, 0.05) is 12.6 Å². The Kier molecular flexibility index (Phi) is 6.99. The van der Waals surface area contributed by atoms with Crippen molar-refractivity contribution in [2.75, 3.05) is 6.54 Å². The van der Waals surface area contributed by atoms with E-state index in [0.29, 0.717) is 19.4 Å². The summed E-state index contributed by atoms with van der Waals surface area (Å²) in [6.45, 7) is 6.63. The predicted octanol–water partition coefficient (Wildman–Crippen LogP) is 3.38. The second-order valence-corrected chi connectivity index (χ2v) is 6.02. The van der Waals surface area contributed by atoms with Crippen LogP contribution in [0.3, 0.4) is 0 Å². The molecule has 0 aromatic heterocycles. The van der Waals surface area contributed by atoms with E-state index in [-0.39, 0.29) is 12.1 Å². The number of amides is 2. The Morgan fingerprint density at radius 2 is 1.95 bits per heavy atom. The number of hydrogen-bond donors (Lipinski definition) is 2. The highest BCUT2D eigenvalue weighted by Crippen LogP contribution is 2.32. The van der Waals surface area contributed by atoms with Gasteiger partial charge in [-0.2, -0.15) is 0 Å². The van der Waals surface area contributed by atoms with E-state index < -0.39 is 11.5 Å². The van der Waals surface area contributed by atoms with Crippen LogP contribution in [0.5, 0.6) is 0 Å². The third kappa shape index (κ3) is 4.11. The maximum absolute atomic E-state index is 12.5. The first-order valence-electron chi connectivity index (χ1n) is 8.33. The second kappa shape index (κ2) is 8.25. The molecule has 1 rings (SSSR count). The minimum absolute atomic E-state index is 0.159. The molecule has 2 atom stereocenters. The molecule has 0 bridgehead atoms. The van der Waals surface area contributed by atoms with E-state index >= 15 is 0 Å². The Labute approximate surface area is 128 Å². The number of nitrogens with one attached hydrogen (secondary N) is 1. The fourth-order valence-electron chi connectivity index (χ4n) is 3.26. The average molecular weight is 298 g/mol. The second-order valence-electron chi connectivity index (χ2n) is 6.02. The van der Waals surface area contributed by atoms with Gasteiger partial charge < -0.3 is 15.3 Å². The van der Waals surface area contributed by atoms with Gasteiger partial charge in [-0.3, -0.25) is 0 Å². The van der Waals surface area contributed by atoms with Gasteiger partial charge in [0.1, 0.15) is 5.54 Å². The van der Waals surface area contributed by atoms with E-state index in [4.69, 9.17) is 0 Å². The molecular formula is C16H30N2O3. The Morgan fingerprint density at radius 3 is 2.48 bits per heavy atom. The van der Waals surface area contributed by atoms with Gasteiger partial charge in [-0.15, -0.1) is 0 Å².